The lowest BCUT2D eigenvalue weighted by Gasteiger charge is -2.11. The third-order valence-electron chi connectivity index (χ3n) is 3.60. The fourth-order valence-electron chi connectivity index (χ4n) is 2.27. The fourth-order valence-corrected chi connectivity index (χ4v) is 2.27. The maximum absolute atomic E-state index is 13.7. The number of rotatable bonds is 6. The van der Waals surface area contributed by atoms with Crippen molar-refractivity contribution in [3.05, 3.63) is 81.9 Å². The number of anilines is 3. The molecule has 3 aromatic rings. The van der Waals surface area contributed by atoms with Crippen LogP contribution in [0, 0.1) is 27.6 Å². The number of nitrogens with one attached hydrogen (secondary N) is 3. The highest BCUT2D eigenvalue weighted by atomic mass is 19.2. The summed E-state index contributed by atoms with van der Waals surface area (Å²) in [5.74, 6) is -4.71. The molecule has 3 rings (SSSR count). The summed E-state index contributed by atoms with van der Waals surface area (Å²) in [4.78, 5) is 30.0. The van der Waals surface area contributed by atoms with Gasteiger partial charge in [-0.1, -0.05) is 12.1 Å². The van der Waals surface area contributed by atoms with Crippen molar-refractivity contribution in [1.29, 1.82) is 0 Å². The van der Waals surface area contributed by atoms with Crippen molar-refractivity contribution >= 4 is 28.9 Å². The predicted molar refractivity (Wildman–Crippen MR) is 95.8 cm³/mol. The number of carbonyl (C=O) groups excluding carboxylic acids is 1. The van der Waals surface area contributed by atoms with E-state index in [1.54, 1.807) is 0 Å². The lowest BCUT2D eigenvalue weighted by Crippen LogP contribution is -2.31. The van der Waals surface area contributed by atoms with Crippen LogP contribution >= 0.6 is 0 Å². The molecular weight excluding hydrogens is 393 g/mol. The molecule has 0 unspecified atom stereocenters. The molecule has 148 valence electrons. The molecule has 1 heterocycles. The molecule has 0 saturated heterocycles. The Bertz CT molecular complexity index is 1100. The van der Waals surface area contributed by atoms with E-state index in [0.717, 1.165) is 30.6 Å². The number of hydrogen-bond donors (Lipinski definition) is 3. The highest BCUT2D eigenvalue weighted by molar-refractivity contribution is 5.95. The molecule has 0 aliphatic rings. The van der Waals surface area contributed by atoms with Crippen molar-refractivity contribution < 1.29 is 22.9 Å². The third-order valence-corrected chi connectivity index (χ3v) is 3.60. The molecule has 29 heavy (non-hydrogen) atoms. The minimum Gasteiger partial charge on any atom is -0.334 e. The lowest BCUT2D eigenvalue weighted by atomic mass is 10.2. The second kappa shape index (κ2) is 8.21. The van der Waals surface area contributed by atoms with Crippen molar-refractivity contribution in [2.24, 2.45) is 0 Å². The first-order valence-corrected chi connectivity index (χ1v) is 7.89. The summed E-state index contributed by atoms with van der Waals surface area (Å²) in [6, 6.07) is 7.90. The minimum atomic E-state index is -1.16. The molecule has 0 aliphatic carbocycles. The van der Waals surface area contributed by atoms with E-state index in [1.807, 2.05) is 0 Å². The largest absolute Gasteiger partial charge is 0.355 e. The molecule has 1 amide bonds. The molecule has 0 fully saturated rings. The van der Waals surface area contributed by atoms with E-state index in [-0.39, 0.29) is 17.1 Å². The monoisotopic (exact) mass is 404 g/mol. The highest BCUT2D eigenvalue weighted by Gasteiger charge is 2.24. The summed E-state index contributed by atoms with van der Waals surface area (Å²) >= 11 is 0. The molecule has 0 bridgehead atoms. The van der Waals surface area contributed by atoms with Crippen LogP contribution in [0.25, 0.3) is 0 Å². The molecule has 0 spiro atoms. The summed E-state index contributed by atoms with van der Waals surface area (Å²) in [5.41, 5.74) is 3.34. The molecule has 0 atom stereocenters. The van der Waals surface area contributed by atoms with Crippen molar-refractivity contribution in [1.82, 2.24) is 15.4 Å². The van der Waals surface area contributed by atoms with Gasteiger partial charge in [-0.25, -0.2) is 23.1 Å². The first-order chi connectivity index (χ1) is 13.9. The Balaban J connectivity index is 1.85. The van der Waals surface area contributed by atoms with Crippen LogP contribution < -0.4 is 16.2 Å². The number of amides is 1. The van der Waals surface area contributed by atoms with Crippen LogP contribution in [0.4, 0.5) is 36.2 Å². The summed E-state index contributed by atoms with van der Waals surface area (Å²) in [6.45, 7) is 0. The topological polar surface area (TPSA) is 122 Å². The number of carbonyl (C=O) groups is 1. The highest BCUT2D eigenvalue weighted by Crippen LogP contribution is 2.31. The number of benzene rings is 2. The van der Waals surface area contributed by atoms with Gasteiger partial charge in [-0.3, -0.25) is 25.8 Å². The van der Waals surface area contributed by atoms with Gasteiger partial charge in [0.1, 0.15) is 12.1 Å². The van der Waals surface area contributed by atoms with Crippen molar-refractivity contribution in [3.8, 4) is 0 Å². The third kappa shape index (κ3) is 4.37. The van der Waals surface area contributed by atoms with Gasteiger partial charge < -0.3 is 5.32 Å². The van der Waals surface area contributed by atoms with Crippen LogP contribution in [-0.2, 0) is 0 Å². The molecular formula is C17H11F3N6O3. The van der Waals surface area contributed by atoms with E-state index in [2.05, 4.69) is 26.1 Å². The zero-order valence-corrected chi connectivity index (χ0v) is 14.3. The van der Waals surface area contributed by atoms with Gasteiger partial charge in [0.2, 0.25) is 11.6 Å². The molecule has 9 nitrogen and oxygen atoms in total. The van der Waals surface area contributed by atoms with E-state index >= 15 is 0 Å². The number of hydrazine groups is 1. The van der Waals surface area contributed by atoms with E-state index in [4.69, 9.17) is 0 Å². The first-order valence-electron chi connectivity index (χ1n) is 7.89. The van der Waals surface area contributed by atoms with Gasteiger partial charge in [0.05, 0.1) is 10.5 Å². The fraction of sp³-hybridized carbons (Fsp3) is 0. The van der Waals surface area contributed by atoms with Crippen molar-refractivity contribution in [2.75, 3.05) is 10.7 Å². The molecule has 12 heteroatoms. The lowest BCUT2D eigenvalue weighted by molar-refractivity contribution is -0.383. The standard InChI is InChI=1S/C17H11F3N6O3/c18-11-4-2-1-3-10(11)17(27)25-24-16-14(26(28)29)15(21-8-22-16)23-9-5-6-12(19)13(20)7-9/h1-8H,(H,25,27)(H2,21,22,23,24). The number of aromatic nitrogens is 2. The van der Waals surface area contributed by atoms with Crippen molar-refractivity contribution in [2.45, 2.75) is 0 Å². The van der Waals surface area contributed by atoms with Gasteiger partial charge in [-0.05, 0) is 24.3 Å². The summed E-state index contributed by atoms with van der Waals surface area (Å²) in [6.07, 6.45) is 0.937. The molecule has 1 aromatic heterocycles. The molecule has 0 saturated carbocycles. The van der Waals surface area contributed by atoms with Gasteiger partial charge in [-0.15, -0.1) is 0 Å². The van der Waals surface area contributed by atoms with Gasteiger partial charge >= 0.3 is 5.69 Å². The quantitative estimate of drug-likeness (QED) is 0.426. The number of nitro groups is 1. The van der Waals surface area contributed by atoms with Crippen LogP contribution in [0.15, 0.2) is 48.8 Å². The van der Waals surface area contributed by atoms with Crippen LogP contribution in [-0.4, -0.2) is 20.8 Å². The normalized spacial score (nSPS) is 10.3. The van der Waals surface area contributed by atoms with E-state index in [1.165, 1.54) is 18.2 Å². The average Bonchev–Trinajstić information content (AvgIpc) is 2.69. The Hall–Kier alpha value is -4.22. The minimum absolute atomic E-state index is 0.00737. The van der Waals surface area contributed by atoms with Gasteiger partial charge in [-0.2, -0.15) is 0 Å². The molecule has 0 aliphatic heterocycles. The SMILES string of the molecule is O=C(NNc1ncnc(Nc2ccc(F)c(F)c2)c1[N+](=O)[O-])c1ccccc1F. The molecule has 2 aromatic carbocycles. The van der Waals surface area contributed by atoms with Crippen molar-refractivity contribution in [3.63, 3.8) is 0 Å². The van der Waals surface area contributed by atoms with E-state index < -0.39 is 39.8 Å². The predicted octanol–water partition coefficient (Wildman–Crippen LogP) is 3.30. The summed E-state index contributed by atoms with van der Waals surface area (Å²) in [7, 11) is 0. The van der Waals surface area contributed by atoms with Gasteiger partial charge in [0.15, 0.2) is 11.6 Å². The second-order valence-corrected chi connectivity index (χ2v) is 5.49. The Morgan fingerprint density at radius 3 is 2.38 bits per heavy atom. The Morgan fingerprint density at radius 1 is 0.966 bits per heavy atom. The Morgan fingerprint density at radius 2 is 1.69 bits per heavy atom. The Kier molecular flexibility index (Phi) is 5.53. The summed E-state index contributed by atoms with van der Waals surface area (Å²) in [5, 5.41) is 13.9. The van der Waals surface area contributed by atoms with Crippen LogP contribution in [0.3, 0.4) is 0 Å². The van der Waals surface area contributed by atoms with Crippen LogP contribution in [0.1, 0.15) is 10.4 Å². The van der Waals surface area contributed by atoms with Gasteiger partial charge in [0, 0.05) is 11.8 Å². The van der Waals surface area contributed by atoms with Crippen LogP contribution in [0.5, 0.6) is 0 Å². The second-order valence-electron chi connectivity index (χ2n) is 5.49. The number of halogens is 3. The zero-order valence-electron chi connectivity index (χ0n) is 14.3. The van der Waals surface area contributed by atoms with Gasteiger partial charge in [0.25, 0.3) is 5.91 Å². The molecule has 3 N–H and O–H groups in total. The summed E-state index contributed by atoms with van der Waals surface area (Å²) < 4.78 is 40.0. The van der Waals surface area contributed by atoms with E-state index in [0.29, 0.717) is 0 Å². The molecule has 0 radical (unpaired) electrons. The number of nitrogens with zero attached hydrogens (tertiary/aromatic N) is 3. The maximum atomic E-state index is 13.7. The smallest absolute Gasteiger partial charge is 0.334 e. The zero-order chi connectivity index (χ0) is 21.0. The van der Waals surface area contributed by atoms with E-state index in [9.17, 15) is 28.1 Å². The first kappa shape index (κ1) is 19.5. The Labute approximate surface area is 160 Å². The number of hydrogen-bond acceptors (Lipinski definition) is 7. The average molecular weight is 404 g/mol. The maximum Gasteiger partial charge on any atom is 0.355 e. The van der Waals surface area contributed by atoms with Crippen LogP contribution in [0.2, 0.25) is 0 Å².